The lowest BCUT2D eigenvalue weighted by molar-refractivity contribution is 0.491. The van der Waals surface area contributed by atoms with Crippen molar-refractivity contribution in [2.45, 2.75) is 26.2 Å². The van der Waals surface area contributed by atoms with Gasteiger partial charge in [-0.15, -0.1) is 0 Å². The van der Waals surface area contributed by atoms with Crippen LogP contribution in [-0.2, 0) is 6.42 Å². The third-order valence-corrected chi connectivity index (χ3v) is 3.81. The minimum Gasteiger partial charge on any atom is -0.448 e. The molecule has 1 aromatic carbocycles. The molecule has 4 heteroatoms. The van der Waals surface area contributed by atoms with Gasteiger partial charge in [0.05, 0.1) is 12.5 Å². The second-order valence-corrected chi connectivity index (χ2v) is 5.02. The van der Waals surface area contributed by atoms with Crippen molar-refractivity contribution in [3.8, 4) is 0 Å². The first-order valence-electron chi connectivity index (χ1n) is 6.67. The summed E-state index contributed by atoms with van der Waals surface area (Å²) in [7, 11) is 0. The van der Waals surface area contributed by atoms with Crippen molar-refractivity contribution >= 4 is 0 Å². The lowest BCUT2D eigenvalue weighted by Gasteiger charge is -2.18. The predicted molar refractivity (Wildman–Crippen MR) is 76.6 cm³/mol. The highest BCUT2D eigenvalue weighted by Crippen LogP contribution is 2.30. The Morgan fingerprint density at radius 1 is 1.20 bits per heavy atom. The minimum atomic E-state index is 0.199. The molecule has 0 aliphatic carbocycles. The maximum atomic E-state index is 5.41. The minimum absolute atomic E-state index is 0.199. The van der Waals surface area contributed by atoms with Crippen LogP contribution in [-0.4, -0.2) is 15.0 Å². The van der Waals surface area contributed by atoms with Crippen molar-refractivity contribution in [2.24, 2.45) is 0 Å². The number of aromatic nitrogens is 3. The summed E-state index contributed by atoms with van der Waals surface area (Å²) in [6.45, 7) is 4.30. The van der Waals surface area contributed by atoms with Gasteiger partial charge in [0.15, 0.2) is 6.39 Å². The van der Waals surface area contributed by atoms with Gasteiger partial charge in [0, 0.05) is 24.2 Å². The topological polar surface area (TPSA) is 54.7 Å². The zero-order chi connectivity index (χ0) is 13.9. The van der Waals surface area contributed by atoms with E-state index in [9.17, 15) is 0 Å². The Balaban J connectivity index is 2.03. The van der Waals surface area contributed by atoms with E-state index in [2.05, 4.69) is 47.0 Å². The van der Waals surface area contributed by atoms with Crippen molar-refractivity contribution in [1.82, 2.24) is 15.0 Å². The van der Waals surface area contributed by atoms with Gasteiger partial charge >= 0.3 is 0 Å². The van der Waals surface area contributed by atoms with Crippen LogP contribution in [0, 0.1) is 13.8 Å². The van der Waals surface area contributed by atoms with E-state index < -0.39 is 0 Å². The first-order valence-corrected chi connectivity index (χ1v) is 6.67. The van der Waals surface area contributed by atoms with Gasteiger partial charge < -0.3 is 9.40 Å². The summed E-state index contributed by atoms with van der Waals surface area (Å²) in [5, 5.41) is 0. The number of aryl methyl sites for hydroxylation is 1. The lowest BCUT2D eigenvalue weighted by Crippen LogP contribution is -2.07. The van der Waals surface area contributed by atoms with E-state index in [0.717, 1.165) is 17.9 Å². The highest BCUT2D eigenvalue weighted by atomic mass is 16.3. The van der Waals surface area contributed by atoms with E-state index >= 15 is 0 Å². The molecule has 0 aliphatic heterocycles. The monoisotopic (exact) mass is 267 g/mol. The lowest BCUT2D eigenvalue weighted by atomic mass is 9.87. The molecule has 2 heterocycles. The Kier molecular flexibility index (Phi) is 3.37. The second-order valence-electron chi connectivity index (χ2n) is 5.02. The molecule has 4 nitrogen and oxygen atoms in total. The molecular formula is C16H17N3O. The molecule has 0 unspecified atom stereocenters. The molecule has 0 fully saturated rings. The fourth-order valence-electron chi connectivity index (χ4n) is 2.54. The van der Waals surface area contributed by atoms with Crippen LogP contribution in [0.2, 0.25) is 0 Å². The van der Waals surface area contributed by atoms with Crippen LogP contribution in [0.4, 0.5) is 0 Å². The number of oxazole rings is 1. The van der Waals surface area contributed by atoms with Crippen LogP contribution in [0.15, 0.2) is 47.7 Å². The van der Waals surface area contributed by atoms with Crippen LogP contribution in [0.1, 0.15) is 34.1 Å². The predicted octanol–water partition coefficient (Wildman–Crippen LogP) is 3.39. The normalized spacial score (nSPS) is 12.5. The molecule has 0 aliphatic rings. The number of hydrogen-bond acceptors (Lipinski definition) is 3. The molecular weight excluding hydrogens is 250 g/mol. The fourth-order valence-corrected chi connectivity index (χ4v) is 2.54. The van der Waals surface area contributed by atoms with E-state index in [-0.39, 0.29) is 5.92 Å². The van der Waals surface area contributed by atoms with Crippen LogP contribution >= 0.6 is 0 Å². The van der Waals surface area contributed by atoms with Crippen LogP contribution in [0.25, 0.3) is 0 Å². The molecule has 0 bridgehead atoms. The van der Waals surface area contributed by atoms with E-state index in [1.54, 1.807) is 12.5 Å². The number of rotatable bonds is 4. The highest BCUT2D eigenvalue weighted by Gasteiger charge is 2.20. The molecule has 2 aromatic heterocycles. The SMILES string of the molecule is Cc1cccc([C@@H](Cc2cnco2)c2cnc[nH]2)c1C. The number of nitrogens with one attached hydrogen (secondary N) is 1. The van der Waals surface area contributed by atoms with Gasteiger partial charge in [-0.05, 0) is 30.5 Å². The Morgan fingerprint density at radius 3 is 2.80 bits per heavy atom. The van der Waals surface area contributed by atoms with Crippen molar-refractivity contribution in [2.75, 3.05) is 0 Å². The summed E-state index contributed by atoms with van der Waals surface area (Å²) in [5.74, 6) is 1.08. The van der Waals surface area contributed by atoms with Crippen LogP contribution in [0.3, 0.4) is 0 Å². The molecule has 0 radical (unpaired) electrons. The zero-order valence-electron chi connectivity index (χ0n) is 11.6. The largest absolute Gasteiger partial charge is 0.448 e. The van der Waals surface area contributed by atoms with E-state index in [1.165, 1.54) is 23.1 Å². The third kappa shape index (κ3) is 2.37. The Labute approximate surface area is 117 Å². The number of nitrogens with zero attached hydrogens (tertiary/aromatic N) is 2. The number of imidazole rings is 1. The average Bonchev–Trinajstić information content (AvgIpc) is 3.11. The smallest absolute Gasteiger partial charge is 0.180 e. The molecule has 0 amide bonds. The molecule has 102 valence electrons. The summed E-state index contributed by atoms with van der Waals surface area (Å²) in [4.78, 5) is 11.4. The number of H-pyrrole nitrogens is 1. The number of hydrogen-bond donors (Lipinski definition) is 1. The van der Waals surface area contributed by atoms with E-state index in [0.29, 0.717) is 0 Å². The maximum absolute atomic E-state index is 5.41. The van der Waals surface area contributed by atoms with Gasteiger partial charge in [-0.2, -0.15) is 0 Å². The Bertz CT molecular complexity index is 672. The average molecular weight is 267 g/mol. The first-order chi connectivity index (χ1) is 9.75. The fraction of sp³-hybridized carbons (Fsp3) is 0.250. The van der Waals surface area contributed by atoms with E-state index in [1.807, 2.05) is 6.20 Å². The summed E-state index contributed by atoms with van der Waals surface area (Å²) in [5.41, 5.74) is 5.00. The quantitative estimate of drug-likeness (QED) is 0.788. The molecule has 3 rings (SSSR count). The number of benzene rings is 1. The summed E-state index contributed by atoms with van der Waals surface area (Å²) in [6, 6.07) is 6.41. The zero-order valence-corrected chi connectivity index (χ0v) is 11.6. The molecule has 0 saturated carbocycles. The van der Waals surface area contributed by atoms with Gasteiger partial charge in [-0.1, -0.05) is 18.2 Å². The highest BCUT2D eigenvalue weighted by molar-refractivity contribution is 5.39. The summed E-state index contributed by atoms with van der Waals surface area (Å²) in [6.07, 6.45) is 7.61. The second kappa shape index (κ2) is 5.33. The van der Waals surface area contributed by atoms with Crippen molar-refractivity contribution < 1.29 is 4.42 Å². The summed E-state index contributed by atoms with van der Waals surface area (Å²) >= 11 is 0. The molecule has 20 heavy (non-hydrogen) atoms. The Hall–Kier alpha value is -2.36. The van der Waals surface area contributed by atoms with Gasteiger partial charge in [0.1, 0.15) is 5.76 Å². The molecule has 3 aromatic rings. The van der Waals surface area contributed by atoms with Gasteiger partial charge in [0.25, 0.3) is 0 Å². The van der Waals surface area contributed by atoms with Crippen LogP contribution < -0.4 is 0 Å². The van der Waals surface area contributed by atoms with E-state index in [4.69, 9.17) is 4.42 Å². The third-order valence-electron chi connectivity index (χ3n) is 3.81. The first kappa shape index (κ1) is 12.7. The van der Waals surface area contributed by atoms with Gasteiger partial charge in [-0.25, -0.2) is 9.97 Å². The standard InChI is InChI=1S/C16H17N3O/c1-11-4-3-5-14(12(11)2)15(16-8-17-9-19-16)6-13-7-18-10-20-13/h3-5,7-10,15H,6H2,1-2H3,(H,17,19)/t15-/m1/s1. The number of aromatic amines is 1. The summed E-state index contributed by atoms with van der Waals surface area (Å²) < 4.78 is 5.41. The van der Waals surface area contributed by atoms with Crippen LogP contribution in [0.5, 0.6) is 0 Å². The molecule has 0 saturated heterocycles. The Morgan fingerprint density at radius 2 is 2.10 bits per heavy atom. The molecule has 0 spiro atoms. The van der Waals surface area contributed by atoms with Crippen molar-refractivity contribution in [3.63, 3.8) is 0 Å². The maximum Gasteiger partial charge on any atom is 0.180 e. The molecule has 1 atom stereocenters. The molecule has 1 N–H and O–H groups in total. The van der Waals surface area contributed by atoms with Gasteiger partial charge in [0.2, 0.25) is 0 Å². The van der Waals surface area contributed by atoms with Crippen molar-refractivity contribution in [3.05, 3.63) is 71.5 Å². The van der Waals surface area contributed by atoms with Gasteiger partial charge in [-0.3, -0.25) is 0 Å². The van der Waals surface area contributed by atoms with Crippen molar-refractivity contribution in [1.29, 1.82) is 0 Å².